The van der Waals surface area contributed by atoms with Gasteiger partial charge in [-0.25, -0.2) is 9.97 Å². The van der Waals surface area contributed by atoms with E-state index in [1.54, 1.807) is 17.4 Å². The van der Waals surface area contributed by atoms with Gasteiger partial charge in [-0.3, -0.25) is 0 Å². The first-order chi connectivity index (χ1) is 14.2. The fraction of sp³-hybridized carbons (Fsp3) is 0. The molecule has 0 aliphatic heterocycles. The molecular weight excluding hydrogens is 419 g/mol. The van der Waals surface area contributed by atoms with Gasteiger partial charge in [0.25, 0.3) is 0 Å². The summed E-state index contributed by atoms with van der Waals surface area (Å²) in [6, 6.07) is 22.0. The molecule has 0 radical (unpaired) electrons. The van der Waals surface area contributed by atoms with Crippen molar-refractivity contribution in [3.05, 3.63) is 93.4 Å². The van der Waals surface area contributed by atoms with E-state index >= 15 is 0 Å². The SMILES string of the molecule is Clc1ccc(C=Cc2nc3cc4ccccc4cc3nc2-c2cccs2)c(Cl)c1. The number of rotatable bonds is 3. The average Bonchev–Trinajstić information content (AvgIpc) is 3.25. The second-order valence-corrected chi connectivity index (χ2v) is 8.41. The molecule has 0 spiro atoms. The molecule has 29 heavy (non-hydrogen) atoms. The minimum Gasteiger partial charge on any atom is -0.244 e. The molecule has 5 rings (SSSR count). The maximum absolute atomic E-state index is 6.33. The van der Waals surface area contributed by atoms with Crippen LogP contribution >= 0.6 is 34.5 Å². The lowest BCUT2D eigenvalue weighted by atomic mass is 10.1. The lowest BCUT2D eigenvalue weighted by Gasteiger charge is -2.07. The van der Waals surface area contributed by atoms with Crippen LogP contribution in [0, 0.1) is 0 Å². The fourth-order valence-corrected chi connectivity index (χ4v) is 4.47. The zero-order valence-electron chi connectivity index (χ0n) is 15.1. The zero-order valence-corrected chi connectivity index (χ0v) is 17.5. The van der Waals surface area contributed by atoms with Crippen LogP contribution in [-0.2, 0) is 0 Å². The van der Waals surface area contributed by atoms with E-state index in [2.05, 4.69) is 30.3 Å². The van der Waals surface area contributed by atoms with Crippen LogP contribution in [0.2, 0.25) is 10.0 Å². The van der Waals surface area contributed by atoms with E-state index in [0.29, 0.717) is 10.0 Å². The van der Waals surface area contributed by atoms with Crippen molar-refractivity contribution in [2.45, 2.75) is 0 Å². The number of benzene rings is 3. The Morgan fingerprint density at radius 1 is 0.759 bits per heavy atom. The van der Waals surface area contributed by atoms with Crippen LogP contribution in [0.4, 0.5) is 0 Å². The largest absolute Gasteiger partial charge is 0.244 e. The average molecular weight is 433 g/mol. The van der Waals surface area contributed by atoms with Gasteiger partial charge in [0.05, 0.1) is 21.6 Å². The Morgan fingerprint density at radius 2 is 1.52 bits per heavy atom. The van der Waals surface area contributed by atoms with Gasteiger partial charge >= 0.3 is 0 Å². The van der Waals surface area contributed by atoms with Crippen LogP contribution < -0.4 is 0 Å². The van der Waals surface area contributed by atoms with Crippen molar-refractivity contribution < 1.29 is 0 Å². The molecule has 0 bridgehead atoms. The molecule has 5 heteroatoms. The number of aromatic nitrogens is 2. The van der Waals surface area contributed by atoms with Gasteiger partial charge in [-0.2, -0.15) is 0 Å². The van der Waals surface area contributed by atoms with E-state index in [1.807, 2.05) is 47.9 Å². The van der Waals surface area contributed by atoms with Crippen molar-refractivity contribution in [3.8, 4) is 10.6 Å². The van der Waals surface area contributed by atoms with Gasteiger partial charge in [0.2, 0.25) is 0 Å². The van der Waals surface area contributed by atoms with Crippen molar-refractivity contribution >= 4 is 68.5 Å². The summed E-state index contributed by atoms with van der Waals surface area (Å²) in [4.78, 5) is 11.0. The zero-order chi connectivity index (χ0) is 19.8. The highest BCUT2D eigenvalue weighted by molar-refractivity contribution is 7.13. The van der Waals surface area contributed by atoms with Crippen LogP contribution in [-0.4, -0.2) is 9.97 Å². The van der Waals surface area contributed by atoms with Crippen molar-refractivity contribution in [3.63, 3.8) is 0 Å². The Balaban J connectivity index is 1.70. The van der Waals surface area contributed by atoms with Gasteiger partial charge in [-0.1, -0.05) is 65.7 Å². The van der Waals surface area contributed by atoms with Gasteiger partial charge in [-0.05, 0) is 58.1 Å². The number of thiophene rings is 1. The second kappa shape index (κ2) is 7.60. The van der Waals surface area contributed by atoms with Gasteiger partial charge in [0.1, 0.15) is 5.69 Å². The second-order valence-electron chi connectivity index (χ2n) is 6.62. The number of hydrogen-bond donors (Lipinski definition) is 0. The predicted octanol–water partition coefficient (Wildman–Crippen LogP) is 7.99. The number of hydrogen-bond acceptors (Lipinski definition) is 3. The van der Waals surface area contributed by atoms with E-state index in [-0.39, 0.29) is 0 Å². The first kappa shape index (κ1) is 18.3. The van der Waals surface area contributed by atoms with E-state index in [4.69, 9.17) is 33.2 Å². The molecule has 3 aromatic carbocycles. The molecule has 2 heterocycles. The normalized spacial score (nSPS) is 11.7. The minimum atomic E-state index is 0.603. The van der Waals surface area contributed by atoms with Crippen LogP contribution in [0.1, 0.15) is 11.3 Å². The van der Waals surface area contributed by atoms with Gasteiger partial charge in [-0.15, -0.1) is 11.3 Å². The molecule has 0 saturated heterocycles. The Bertz CT molecular complexity index is 1380. The van der Waals surface area contributed by atoms with Crippen LogP contribution in [0.5, 0.6) is 0 Å². The van der Waals surface area contributed by atoms with E-state index in [9.17, 15) is 0 Å². The number of halogens is 2. The highest BCUT2D eigenvalue weighted by atomic mass is 35.5. The molecule has 0 aliphatic rings. The highest BCUT2D eigenvalue weighted by Gasteiger charge is 2.11. The molecule has 0 amide bonds. The third kappa shape index (κ3) is 3.65. The summed E-state index contributed by atoms with van der Waals surface area (Å²) in [6.45, 7) is 0. The van der Waals surface area contributed by atoms with E-state index in [1.165, 1.54) is 0 Å². The summed E-state index contributed by atoms with van der Waals surface area (Å²) in [7, 11) is 0. The molecule has 0 fully saturated rings. The minimum absolute atomic E-state index is 0.603. The number of fused-ring (bicyclic) bond motifs is 2. The smallest absolute Gasteiger partial charge is 0.107 e. The van der Waals surface area contributed by atoms with Crippen molar-refractivity contribution in [2.75, 3.05) is 0 Å². The molecule has 0 N–H and O–H groups in total. The first-order valence-corrected chi connectivity index (χ1v) is 10.7. The van der Waals surface area contributed by atoms with Crippen molar-refractivity contribution in [2.24, 2.45) is 0 Å². The monoisotopic (exact) mass is 432 g/mol. The Hall–Kier alpha value is -2.72. The quantitative estimate of drug-likeness (QED) is 0.270. The molecule has 0 atom stereocenters. The lowest BCUT2D eigenvalue weighted by Crippen LogP contribution is -1.94. The lowest BCUT2D eigenvalue weighted by molar-refractivity contribution is 1.28. The third-order valence-corrected chi connectivity index (χ3v) is 6.14. The molecule has 140 valence electrons. The van der Waals surface area contributed by atoms with E-state index < -0.39 is 0 Å². The van der Waals surface area contributed by atoms with Crippen LogP contribution in [0.15, 0.2) is 72.1 Å². The standard InChI is InChI=1S/C24H14Cl2N2S/c25-18-9-7-15(19(26)14-18)8-10-20-24(23-6-3-11-29-23)28-22-13-17-5-2-1-4-16(17)12-21(22)27-20/h1-14H. The topological polar surface area (TPSA) is 25.8 Å². The van der Waals surface area contributed by atoms with Crippen LogP contribution in [0.3, 0.4) is 0 Å². The van der Waals surface area contributed by atoms with Crippen molar-refractivity contribution in [1.29, 1.82) is 0 Å². The summed E-state index contributed by atoms with van der Waals surface area (Å²) in [6.07, 6.45) is 3.92. The van der Waals surface area contributed by atoms with Crippen LogP contribution in [0.25, 0.3) is 44.5 Å². The summed E-state index contributed by atoms with van der Waals surface area (Å²) in [5, 5.41) is 5.57. The Labute approximate surface area is 182 Å². The highest BCUT2D eigenvalue weighted by Crippen LogP contribution is 2.31. The van der Waals surface area contributed by atoms with E-state index in [0.717, 1.165) is 43.6 Å². The molecule has 0 saturated carbocycles. The predicted molar refractivity (Wildman–Crippen MR) is 126 cm³/mol. The van der Waals surface area contributed by atoms with Gasteiger partial charge < -0.3 is 0 Å². The number of nitrogens with zero attached hydrogens (tertiary/aromatic N) is 2. The molecule has 5 aromatic rings. The molecule has 2 nitrogen and oxygen atoms in total. The first-order valence-electron chi connectivity index (χ1n) is 9.05. The van der Waals surface area contributed by atoms with Gasteiger partial charge in [0, 0.05) is 10.0 Å². The maximum Gasteiger partial charge on any atom is 0.107 e. The Morgan fingerprint density at radius 3 is 2.21 bits per heavy atom. The molecule has 0 aliphatic carbocycles. The molecular formula is C24H14Cl2N2S. The Kier molecular flexibility index (Phi) is 4.80. The maximum atomic E-state index is 6.33. The third-order valence-electron chi connectivity index (χ3n) is 4.70. The summed E-state index contributed by atoms with van der Waals surface area (Å²) in [5.74, 6) is 0. The van der Waals surface area contributed by atoms with Crippen molar-refractivity contribution in [1.82, 2.24) is 9.97 Å². The summed E-state index contributed by atoms with van der Waals surface area (Å²) < 4.78 is 0. The molecule has 0 unspecified atom stereocenters. The fourth-order valence-electron chi connectivity index (χ4n) is 3.27. The molecule has 2 aromatic heterocycles. The summed E-state index contributed by atoms with van der Waals surface area (Å²) in [5.41, 5.74) is 4.30. The summed E-state index contributed by atoms with van der Waals surface area (Å²) >= 11 is 14.0. The van der Waals surface area contributed by atoms with Gasteiger partial charge in [0.15, 0.2) is 0 Å².